The molecular formula is C13H9Br2FN2O4S. The summed E-state index contributed by atoms with van der Waals surface area (Å²) < 4.78 is 40.2. The highest BCUT2D eigenvalue weighted by atomic mass is 79.9. The van der Waals surface area contributed by atoms with E-state index < -0.39 is 32.1 Å². The van der Waals surface area contributed by atoms with Crippen molar-refractivity contribution in [3.05, 3.63) is 60.8 Å². The number of hydrogen-bond donors (Lipinski definition) is 1. The third-order valence-corrected chi connectivity index (χ3v) is 5.59. The van der Waals surface area contributed by atoms with E-state index in [4.69, 9.17) is 0 Å². The number of hydrogen-bond acceptors (Lipinski definition) is 4. The zero-order chi connectivity index (χ0) is 17.4. The third kappa shape index (κ3) is 3.70. The van der Waals surface area contributed by atoms with Crippen LogP contribution >= 0.6 is 31.9 Å². The molecule has 0 aromatic heterocycles. The Balaban J connectivity index is 2.57. The molecule has 10 heteroatoms. The average Bonchev–Trinajstić information content (AvgIpc) is 2.47. The molecule has 23 heavy (non-hydrogen) atoms. The van der Waals surface area contributed by atoms with Crippen molar-refractivity contribution in [1.29, 1.82) is 0 Å². The first-order valence-electron chi connectivity index (χ1n) is 6.05. The van der Waals surface area contributed by atoms with Gasteiger partial charge >= 0.3 is 0 Å². The van der Waals surface area contributed by atoms with E-state index in [9.17, 15) is 22.9 Å². The summed E-state index contributed by atoms with van der Waals surface area (Å²) in [6.07, 6.45) is 0. The van der Waals surface area contributed by atoms with Crippen molar-refractivity contribution in [3.63, 3.8) is 0 Å². The fourth-order valence-corrected chi connectivity index (χ4v) is 4.15. The number of anilines is 1. The molecule has 0 atom stereocenters. The first-order valence-corrected chi connectivity index (χ1v) is 9.12. The maximum atomic E-state index is 13.9. The Labute approximate surface area is 148 Å². The number of halogens is 3. The molecule has 0 aliphatic heterocycles. The molecule has 2 rings (SSSR count). The van der Waals surface area contributed by atoms with E-state index in [1.165, 1.54) is 12.1 Å². The molecule has 0 heterocycles. The maximum Gasteiger partial charge on any atom is 0.295 e. The molecular weight excluding hydrogens is 459 g/mol. The van der Waals surface area contributed by atoms with Gasteiger partial charge in [-0.1, -0.05) is 17.7 Å². The molecule has 2 aromatic rings. The van der Waals surface area contributed by atoms with Crippen molar-refractivity contribution in [1.82, 2.24) is 0 Å². The summed E-state index contributed by atoms with van der Waals surface area (Å²) >= 11 is 5.70. The predicted molar refractivity (Wildman–Crippen MR) is 90.4 cm³/mol. The van der Waals surface area contributed by atoms with E-state index in [2.05, 4.69) is 36.6 Å². The van der Waals surface area contributed by atoms with Gasteiger partial charge in [0.05, 0.1) is 18.8 Å². The molecule has 0 spiro atoms. The van der Waals surface area contributed by atoms with Gasteiger partial charge in [-0.05, 0) is 50.9 Å². The van der Waals surface area contributed by atoms with E-state index in [-0.39, 0.29) is 13.8 Å². The van der Waals surface area contributed by atoms with E-state index in [1.54, 1.807) is 19.1 Å². The Bertz CT molecular complexity index is 886. The fraction of sp³-hybridized carbons (Fsp3) is 0.0769. The van der Waals surface area contributed by atoms with Crippen molar-refractivity contribution in [2.45, 2.75) is 11.8 Å². The number of nitro groups is 1. The number of nitrogens with one attached hydrogen (secondary N) is 1. The lowest BCUT2D eigenvalue weighted by Crippen LogP contribution is -2.15. The first-order chi connectivity index (χ1) is 10.6. The lowest BCUT2D eigenvalue weighted by molar-refractivity contribution is -0.384. The highest BCUT2D eigenvalue weighted by molar-refractivity contribution is 9.11. The molecule has 1 N–H and O–H groups in total. The number of nitrogens with zero attached hydrogens (tertiary/aromatic N) is 1. The summed E-state index contributed by atoms with van der Waals surface area (Å²) in [7, 11) is -4.10. The van der Waals surface area contributed by atoms with E-state index in [0.717, 1.165) is 11.6 Å². The normalized spacial score (nSPS) is 11.3. The summed E-state index contributed by atoms with van der Waals surface area (Å²) in [5.74, 6) is -0.850. The maximum absolute atomic E-state index is 13.9. The summed E-state index contributed by atoms with van der Waals surface area (Å²) in [4.78, 5) is 10.2. The largest absolute Gasteiger partial charge is 0.295 e. The van der Waals surface area contributed by atoms with Gasteiger partial charge in [-0.15, -0.1) is 0 Å². The van der Waals surface area contributed by atoms with Crippen LogP contribution in [0.2, 0.25) is 0 Å². The van der Waals surface area contributed by atoms with Crippen LogP contribution in [0.4, 0.5) is 15.8 Å². The highest BCUT2D eigenvalue weighted by Gasteiger charge is 2.27. The van der Waals surface area contributed by atoms with Crippen LogP contribution in [-0.4, -0.2) is 13.3 Å². The first kappa shape index (κ1) is 17.8. The SMILES string of the molecule is Cc1ccc(S(=O)(=O)Nc2c([N+](=O)[O-])cc(Br)c(F)c2Br)cc1. The number of rotatable bonds is 4. The molecule has 2 aromatic carbocycles. The lowest BCUT2D eigenvalue weighted by atomic mass is 10.2. The van der Waals surface area contributed by atoms with Crippen LogP contribution in [0, 0.1) is 22.9 Å². The second-order valence-corrected chi connectivity index (χ2v) is 7.89. The van der Waals surface area contributed by atoms with Gasteiger partial charge in [0.2, 0.25) is 0 Å². The smallest absolute Gasteiger partial charge is 0.272 e. The van der Waals surface area contributed by atoms with Crippen molar-refractivity contribution in [3.8, 4) is 0 Å². The molecule has 0 aliphatic carbocycles. The highest BCUT2D eigenvalue weighted by Crippen LogP contribution is 2.39. The van der Waals surface area contributed by atoms with E-state index >= 15 is 0 Å². The van der Waals surface area contributed by atoms with Crippen LogP contribution in [-0.2, 0) is 10.0 Å². The number of aryl methyl sites for hydroxylation is 1. The molecule has 122 valence electrons. The Kier molecular flexibility index (Phi) is 5.07. The molecule has 0 bridgehead atoms. The molecule has 0 amide bonds. The number of nitro benzene ring substituents is 1. The summed E-state index contributed by atoms with van der Waals surface area (Å²) in [5.41, 5.74) is -0.206. The Morgan fingerprint density at radius 2 is 1.78 bits per heavy atom. The average molecular weight is 468 g/mol. The fourth-order valence-electron chi connectivity index (χ4n) is 1.73. The number of benzene rings is 2. The van der Waals surface area contributed by atoms with Gasteiger partial charge in [0.25, 0.3) is 15.7 Å². The monoisotopic (exact) mass is 466 g/mol. The third-order valence-electron chi connectivity index (χ3n) is 2.91. The van der Waals surface area contributed by atoms with Crippen LogP contribution < -0.4 is 4.72 Å². The van der Waals surface area contributed by atoms with Crippen molar-refractivity contribution < 1.29 is 17.7 Å². The van der Waals surface area contributed by atoms with Crippen LogP contribution in [0.3, 0.4) is 0 Å². The lowest BCUT2D eigenvalue weighted by Gasteiger charge is -2.11. The van der Waals surface area contributed by atoms with Gasteiger partial charge in [0, 0.05) is 6.07 Å². The molecule has 0 saturated heterocycles. The molecule has 0 unspecified atom stereocenters. The molecule has 0 radical (unpaired) electrons. The standard InChI is InChI=1S/C13H9Br2FN2O4S/c1-7-2-4-8(5-3-7)23(21,22)17-13-10(18(19)20)6-9(14)12(16)11(13)15/h2-6,17H,1H3. The minimum Gasteiger partial charge on any atom is -0.272 e. The summed E-state index contributed by atoms with van der Waals surface area (Å²) in [6.45, 7) is 1.79. The molecule has 0 saturated carbocycles. The number of sulfonamides is 1. The summed E-state index contributed by atoms with van der Waals surface area (Å²) in [5, 5.41) is 11.1. The van der Waals surface area contributed by atoms with Crippen molar-refractivity contribution >= 4 is 53.3 Å². The zero-order valence-corrected chi connectivity index (χ0v) is 15.5. The second-order valence-electron chi connectivity index (χ2n) is 4.56. The van der Waals surface area contributed by atoms with Gasteiger partial charge in [-0.2, -0.15) is 0 Å². The van der Waals surface area contributed by atoms with Crippen LogP contribution in [0.25, 0.3) is 0 Å². The molecule has 0 fully saturated rings. The second kappa shape index (κ2) is 6.54. The molecule has 0 aliphatic rings. The van der Waals surface area contributed by atoms with Crippen LogP contribution in [0.1, 0.15) is 5.56 Å². The Morgan fingerprint density at radius 1 is 1.22 bits per heavy atom. The van der Waals surface area contributed by atoms with Gasteiger partial charge in [-0.3, -0.25) is 14.8 Å². The van der Waals surface area contributed by atoms with Gasteiger partial charge in [0.1, 0.15) is 5.69 Å². The van der Waals surface area contributed by atoms with Crippen LogP contribution in [0.5, 0.6) is 0 Å². The quantitative estimate of drug-likeness (QED) is 0.410. The van der Waals surface area contributed by atoms with Gasteiger partial charge < -0.3 is 0 Å². The van der Waals surface area contributed by atoms with Gasteiger partial charge in [0.15, 0.2) is 5.82 Å². The molecule has 6 nitrogen and oxygen atoms in total. The summed E-state index contributed by atoms with van der Waals surface area (Å²) in [6, 6.07) is 6.77. The Morgan fingerprint density at radius 3 is 2.30 bits per heavy atom. The topological polar surface area (TPSA) is 89.3 Å². The predicted octanol–water partition coefficient (Wildman–Crippen LogP) is 4.37. The van der Waals surface area contributed by atoms with E-state index in [1.807, 2.05) is 0 Å². The Hall–Kier alpha value is -1.52. The minimum absolute atomic E-state index is 0.0902. The van der Waals surface area contributed by atoms with Gasteiger partial charge in [-0.25, -0.2) is 12.8 Å². The van der Waals surface area contributed by atoms with Crippen LogP contribution in [0.15, 0.2) is 44.2 Å². The van der Waals surface area contributed by atoms with E-state index in [0.29, 0.717) is 0 Å². The zero-order valence-electron chi connectivity index (χ0n) is 11.5. The van der Waals surface area contributed by atoms with Crippen molar-refractivity contribution in [2.24, 2.45) is 0 Å². The van der Waals surface area contributed by atoms with Crippen molar-refractivity contribution in [2.75, 3.05) is 4.72 Å². The minimum atomic E-state index is -4.10.